The van der Waals surface area contributed by atoms with Crippen LogP contribution in [0.15, 0.2) is 18.2 Å². The van der Waals surface area contributed by atoms with Gasteiger partial charge in [-0.3, -0.25) is 0 Å². The van der Waals surface area contributed by atoms with Gasteiger partial charge in [-0.1, -0.05) is 6.07 Å². The Morgan fingerprint density at radius 2 is 2.27 bits per heavy atom. The molecule has 0 amide bonds. The first-order chi connectivity index (χ1) is 7.15. The first-order valence-corrected chi connectivity index (χ1v) is 4.95. The predicted octanol–water partition coefficient (Wildman–Crippen LogP) is 2.53. The Hall–Kier alpha value is -1.62. The maximum Gasteiger partial charge on any atom is 0.351 e. The topological polar surface area (TPSA) is 46.5 Å². The number of carbonyl (C=O) groups excluding carboxylic acids is 1. The third-order valence-electron chi connectivity index (χ3n) is 2.01. The molecule has 3 nitrogen and oxygen atoms in total. The molecule has 0 radical (unpaired) electrons. The van der Waals surface area contributed by atoms with Crippen LogP contribution in [-0.2, 0) is 4.74 Å². The van der Waals surface area contributed by atoms with Crippen molar-refractivity contribution in [3.05, 3.63) is 28.9 Å². The normalized spacial score (nSPS) is 10.5. The molecule has 0 atom stereocenters. The van der Waals surface area contributed by atoms with Gasteiger partial charge in [-0.2, -0.15) is 0 Å². The fourth-order valence-corrected chi connectivity index (χ4v) is 2.35. The Morgan fingerprint density at radius 3 is 2.87 bits per heavy atom. The monoisotopic (exact) mass is 226 g/mol. The van der Waals surface area contributed by atoms with E-state index in [2.05, 4.69) is 4.74 Å². The highest BCUT2D eigenvalue weighted by Gasteiger charge is 2.20. The third-order valence-corrected chi connectivity index (χ3v) is 3.13. The molecule has 2 aromatic rings. The number of benzene rings is 1. The first kappa shape index (κ1) is 9.92. The van der Waals surface area contributed by atoms with E-state index in [4.69, 9.17) is 0 Å². The van der Waals surface area contributed by atoms with Crippen molar-refractivity contribution in [3.8, 4) is 5.75 Å². The van der Waals surface area contributed by atoms with Gasteiger partial charge in [0.25, 0.3) is 0 Å². The van der Waals surface area contributed by atoms with Crippen LogP contribution >= 0.6 is 11.3 Å². The Morgan fingerprint density at radius 1 is 1.53 bits per heavy atom. The van der Waals surface area contributed by atoms with Gasteiger partial charge in [-0.15, -0.1) is 11.3 Å². The molecule has 78 valence electrons. The fraction of sp³-hybridized carbons (Fsp3) is 0.100. The third kappa shape index (κ3) is 1.45. The lowest BCUT2D eigenvalue weighted by molar-refractivity contribution is 0.0603. The van der Waals surface area contributed by atoms with Crippen molar-refractivity contribution in [1.82, 2.24) is 0 Å². The Kier molecular flexibility index (Phi) is 2.32. The summed E-state index contributed by atoms with van der Waals surface area (Å²) in [4.78, 5) is 11.2. The van der Waals surface area contributed by atoms with Crippen molar-refractivity contribution in [2.45, 2.75) is 0 Å². The molecule has 0 bridgehead atoms. The van der Waals surface area contributed by atoms with E-state index in [-0.39, 0.29) is 16.0 Å². The molecule has 15 heavy (non-hydrogen) atoms. The molecule has 0 unspecified atom stereocenters. The van der Waals surface area contributed by atoms with E-state index in [0.717, 1.165) is 11.3 Å². The molecule has 0 aliphatic heterocycles. The number of halogens is 1. The number of carbonyl (C=O) groups is 1. The van der Waals surface area contributed by atoms with Crippen LogP contribution < -0.4 is 0 Å². The lowest BCUT2D eigenvalue weighted by atomic mass is 10.2. The summed E-state index contributed by atoms with van der Waals surface area (Å²) in [6.07, 6.45) is 0. The summed E-state index contributed by atoms with van der Waals surface area (Å²) >= 11 is 1.01. The number of esters is 1. The molecule has 0 fully saturated rings. The maximum absolute atomic E-state index is 13.3. The van der Waals surface area contributed by atoms with E-state index in [1.54, 1.807) is 6.07 Å². The number of hydrogen-bond acceptors (Lipinski definition) is 4. The number of hydrogen-bond donors (Lipinski definition) is 1. The molecule has 0 aliphatic rings. The average Bonchev–Trinajstić information content (AvgIpc) is 2.56. The number of ether oxygens (including phenoxy) is 1. The Labute approximate surface area is 88.7 Å². The highest BCUT2D eigenvalue weighted by atomic mass is 32.1. The van der Waals surface area contributed by atoms with Gasteiger partial charge in [-0.05, 0) is 12.1 Å². The van der Waals surface area contributed by atoms with Crippen molar-refractivity contribution >= 4 is 27.4 Å². The van der Waals surface area contributed by atoms with Crippen LogP contribution in [0.4, 0.5) is 4.39 Å². The molecule has 0 saturated heterocycles. The van der Waals surface area contributed by atoms with E-state index < -0.39 is 11.8 Å². The van der Waals surface area contributed by atoms with Gasteiger partial charge in [0.15, 0.2) is 10.6 Å². The molecular formula is C10H7FO3S. The summed E-state index contributed by atoms with van der Waals surface area (Å²) in [7, 11) is 1.21. The second kappa shape index (κ2) is 3.51. The molecule has 1 heterocycles. The van der Waals surface area contributed by atoms with E-state index >= 15 is 0 Å². The highest BCUT2D eigenvalue weighted by Crippen LogP contribution is 2.38. The zero-order valence-electron chi connectivity index (χ0n) is 7.78. The van der Waals surface area contributed by atoms with Gasteiger partial charge >= 0.3 is 5.97 Å². The summed E-state index contributed by atoms with van der Waals surface area (Å²) in [5.74, 6) is -1.55. The molecule has 1 aromatic heterocycles. The van der Waals surface area contributed by atoms with Crippen LogP contribution in [0.3, 0.4) is 0 Å². The van der Waals surface area contributed by atoms with E-state index in [0.29, 0.717) is 4.70 Å². The van der Waals surface area contributed by atoms with Crippen LogP contribution in [0.5, 0.6) is 5.75 Å². The van der Waals surface area contributed by atoms with Gasteiger partial charge in [0, 0.05) is 4.70 Å². The quantitative estimate of drug-likeness (QED) is 0.760. The van der Waals surface area contributed by atoms with Crippen LogP contribution in [0.2, 0.25) is 0 Å². The van der Waals surface area contributed by atoms with E-state index in [1.807, 2.05) is 0 Å². The Balaban J connectivity index is 2.75. The molecule has 0 aliphatic carbocycles. The summed E-state index contributed by atoms with van der Waals surface area (Å²) in [6, 6.07) is 4.39. The van der Waals surface area contributed by atoms with Crippen molar-refractivity contribution in [3.63, 3.8) is 0 Å². The Bertz CT molecular complexity index is 533. The average molecular weight is 226 g/mol. The minimum absolute atomic E-state index is 0.0256. The second-order valence-corrected chi connectivity index (χ2v) is 3.94. The van der Waals surface area contributed by atoms with Crippen molar-refractivity contribution in [1.29, 1.82) is 0 Å². The SMILES string of the molecule is COC(=O)c1sc2cccc(F)c2c1O. The van der Waals surface area contributed by atoms with Gasteiger partial charge < -0.3 is 9.84 Å². The predicted molar refractivity (Wildman–Crippen MR) is 54.8 cm³/mol. The lowest BCUT2D eigenvalue weighted by Gasteiger charge is -1.95. The van der Waals surface area contributed by atoms with E-state index in [1.165, 1.54) is 19.2 Å². The van der Waals surface area contributed by atoms with Crippen LogP contribution in [0.25, 0.3) is 10.1 Å². The summed E-state index contributed by atoms with van der Waals surface area (Å²) in [6.45, 7) is 0. The lowest BCUT2D eigenvalue weighted by Crippen LogP contribution is -1.97. The molecule has 1 aromatic carbocycles. The minimum Gasteiger partial charge on any atom is -0.505 e. The number of methoxy groups -OCH3 is 1. The summed E-state index contributed by atoms with van der Waals surface area (Å²) < 4.78 is 18.3. The molecule has 2 rings (SSSR count). The highest BCUT2D eigenvalue weighted by molar-refractivity contribution is 7.21. The largest absolute Gasteiger partial charge is 0.505 e. The number of fused-ring (bicyclic) bond motifs is 1. The van der Waals surface area contributed by atoms with Gasteiger partial charge in [0.05, 0.1) is 12.5 Å². The zero-order valence-corrected chi connectivity index (χ0v) is 8.60. The van der Waals surface area contributed by atoms with Crippen molar-refractivity contribution in [2.24, 2.45) is 0 Å². The van der Waals surface area contributed by atoms with Crippen molar-refractivity contribution in [2.75, 3.05) is 7.11 Å². The first-order valence-electron chi connectivity index (χ1n) is 4.13. The fourth-order valence-electron chi connectivity index (χ4n) is 1.32. The number of thiophene rings is 1. The van der Waals surface area contributed by atoms with Gasteiger partial charge in [-0.25, -0.2) is 9.18 Å². The van der Waals surface area contributed by atoms with Gasteiger partial charge in [0.2, 0.25) is 0 Å². The number of aromatic hydroxyl groups is 1. The minimum atomic E-state index is -0.659. The molecule has 1 N–H and O–H groups in total. The van der Waals surface area contributed by atoms with E-state index in [9.17, 15) is 14.3 Å². The molecule has 0 spiro atoms. The zero-order chi connectivity index (χ0) is 11.0. The number of rotatable bonds is 1. The van der Waals surface area contributed by atoms with Crippen LogP contribution in [0.1, 0.15) is 9.67 Å². The van der Waals surface area contributed by atoms with Gasteiger partial charge in [0.1, 0.15) is 5.82 Å². The second-order valence-electron chi connectivity index (χ2n) is 2.88. The van der Waals surface area contributed by atoms with Crippen molar-refractivity contribution < 1.29 is 19.0 Å². The van der Waals surface area contributed by atoms with Crippen LogP contribution in [-0.4, -0.2) is 18.2 Å². The van der Waals surface area contributed by atoms with Crippen LogP contribution in [0, 0.1) is 5.82 Å². The summed E-state index contributed by atoms with van der Waals surface area (Å²) in [5, 5.41) is 9.71. The summed E-state index contributed by atoms with van der Waals surface area (Å²) in [5.41, 5.74) is 0. The molecule has 5 heteroatoms. The smallest absolute Gasteiger partial charge is 0.351 e. The molecule has 0 saturated carbocycles. The standard InChI is InChI=1S/C10H7FO3S/c1-14-10(13)9-8(12)7-5(11)3-2-4-6(7)15-9/h2-4,12H,1H3. The molecular weight excluding hydrogens is 219 g/mol. The maximum atomic E-state index is 13.3.